The Kier molecular flexibility index (Phi) is 5.35. The number of hydrogen-bond donors (Lipinski definition) is 1. The van der Waals surface area contributed by atoms with E-state index in [9.17, 15) is 4.79 Å². The molecule has 0 aromatic heterocycles. The first kappa shape index (κ1) is 10.4. The van der Waals surface area contributed by atoms with Crippen molar-refractivity contribution in [3.63, 3.8) is 0 Å². The quantitative estimate of drug-likeness (QED) is 0.511. The predicted octanol–water partition coefficient (Wildman–Crippen LogP) is 2.40. The number of rotatable bonds is 1. The molecule has 0 spiro atoms. The molecule has 0 aliphatic rings. The van der Waals surface area contributed by atoms with Gasteiger partial charge in [-0.3, -0.25) is 4.79 Å². The number of phenolic OH excluding ortho intramolecular Hbond substituents is 1. The Morgan fingerprint density at radius 1 is 1.42 bits per heavy atom. The molecule has 0 unspecified atom stereocenters. The van der Waals surface area contributed by atoms with E-state index in [1.165, 1.54) is 6.07 Å². The monoisotopic (exact) mass is 164 g/mol. The minimum absolute atomic E-state index is 0.0347. The number of carbonyl (C=O) groups excluding carboxylic acids is 1. The molecule has 2 heteroatoms. The van der Waals surface area contributed by atoms with Crippen LogP contribution in [0.3, 0.4) is 0 Å². The fourth-order valence-electron chi connectivity index (χ4n) is 0.587. The van der Waals surface area contributed by atoms with E-state index in [4.69, 9.17) is 5.11 Å². The van der Waals surface area contributed by atoms with Gasteiger partial charge in [-0.05, 0) is 19.1 Å². The largest absolute Gasteiger partial charge is 0.507 e. The third kappa shape index (κ3) is 3.56. The van der Waals surface area contributed by atoms with E-state index in [0.29, 0.717) is 11.8 Å². The summed E-state index contributed by atoms with van der Waals surface area (Å²) in [6.45, 7) is 5.25. The standard InChI is InChI=1S/C7H6O2.C3H6/c8-5-6-3-1-2-4-7(6)9;1-3-2/h1-5,9H;3H,1H2,2H3. The zero-order chi connectivity index (χ0) is 9.40. The lowest BCUT2D eigenvalue weighted by Crippen LogP contribution is -1.77. The van der Waals surface area contributed by atoms with Crippen LogP contribution in [0.5, 0.6) is 5.75 Å². The fourth-order valence-corrected chi connectivity index (χ4v) is 0.587. The maximum atomic E-state index is 10.1. The van der Waals surface area contributed by atoms with Gasteiger partial charge in [-0.2, -0.15) is 0 Å². The highest BCUT2D eigenvalue weighted by molar-refractivity contribution is 5.78. The van der Waals surface area contributed by atoms with Gasteiger partial charge < -0.3 is 5.11 Å². The molecule has 0 heterocycles. The van der Waals surface area contributed by atoms with Crippen molar-refractivity contribution in [2.45, 2.75) is 6.92 Å². The van der Waals surface area contributed by atoms with E-state index in [2.05, 4.69) is 6.58 Å². The number of aromatic hydroxyl groups is 1. The molecule has 0 radical (unpaired) electrons. The van der Waals surface area contributed by atoms with E-state index in [1.54, 1.807) is 24.3 Å². The fraction of sp³-hybridized carbons (Fsp3) is 0.100. The van der Waals surface area contributed by atoms with Gasteiger partial charge in [0.2, 0.25) is 0 Å². The number of benzene rings is 1. The number of para-hydroxylation sites is 1. The molecule has 0 amide bonds. The summed E-state index contributed by atoms with van der Waals surface area (Å²) in [6.07, 6.45) is 2.37. The highest BCUT2D eigenvalue weighted by Gasteiger charge is 1.93. The maximum absolute atomic E-state index is 10.1. The van der Waals surface area contributed by atoms with Gasteiger partial charge in [0.25, 0.3) is 0 Å². The summed E-state index contributed by atoms with van der Waals surface area (Å²) >= 11 is 0. The summed E-state index contributed by atoms with van der Waals surface area (Å²) in [4.78, 5) is 10.1. The van der Waals surface area contributed by atoms with Crippen molar-refractivity contribution in [2.75, 3.05) is 0 Å². The lowest BCUT2D eigenvalue weighted by Gasteiger charge is -1.91. The van der Waals surface area contributed by atoms with Gasteiger partial charge in [-0.15, -0.1) is 6.58 Å². The Hall–Kier alpha value is -1.57. The third-order valence-electron chi connectivity index (χ3n) is 1.06. The van der Waals surface area contributed by atoms with Crippen molar-refractivity contribution in [3.8, 4) is 5.75 Å². The molecule has 2 nitrogen and oxygen atoms in total. The third-order valence-corrected chi connectivity index (χ3v) is 1.06. The molecule has 0 saturated carbocycles. The van der Waals surface area contributed by atoms with Gasteiger partial charge >= 0.3 is 0 Å². The van der Waals surface area contributed by atoms with Crippen molar-refractivity contribution in [3.05, 3.63) is 42.5 Å². The summed E-state index contributed by atoms with van der Waals surface area (Å²) < 4.78 is 0. The molecule has 0 atom stereocenters. The summed E-state index contributed by atoms with van der Waals surface area (Å²) in [6, 6.07) is 6.40. The zero-order valence-corrected chi connectivity index (χ0v) is 7.03. The topological polar surface area (TPSA) is 37.3 Å². The van der Waals surface area contributed by atoms with Crippen molar-refractivity contribution in [1.82, 2.24) is 0 Å². The summed E-state index contributed by atoms with van der Waals surface area (Å²) in [5.41, 5.74) is 0.331. The van der Waals surface area contributed by atoms with Gasteiger partial charge in [-0.25, -0.2) is 0 Å². The van der Waals surface area contributed by atoms with Crippen LogP contribution in [0, 0.1) is 0 Å². The first-order valence-corrected chi connectivity index (χ1v) is 3.56. The molecule has 64 valence electrons. The number of phenols is 1. The highest BCUT2D eigenvalue weighted by atomic mass is 16.3. The SMILES string of the molecule is C=CC.O=Cc1ccccc1O. The first-order valence-electron chi connectivity index (χ1n) is 3.56. The molecule has 1 aromatic carbocycles. The van der Waals surface area contributed by atoms with Crippen molar-refractivity contribution in [2.24, 2.45) is 0 Å². The molecule has 1 aromatic rings. The summed E-state index contributed by atoms with van der Waals surface area (Å²) in [5.74, 6) is 0.0347. The van der Waals surface area contributed by atoms with Crippen molar-refractivity contribution >= 4 is 6.29 Å². The molecule has 0 bridgehead atoms. The number of carbonyl (C=O) groups is 1. The molecule has 12 heavy (non-hydrogen) atoms. The minimum Gasteiger partial charge on any atom is -0.507 e. The van der Waals surface area contributed by atoms with E-state index in [-0.39, 0.29) is 5.75 Å². The summed E-state index contributed by atoms with van der Waals surface area (Å²) in [7, 11) is 0. The van der Waals surface area contributed by atoms with Gasteiger partial charge in [0, 0.05) is 0 Å². The van der Waals surface area contributed by atoms with Gasteiger partial charge in [0.15, 0.2) is 6.29 Å². The van der Waals surface area contributed by atoms with E-state index in [0.717, 1.165) is 0 Å². The molecule has 1 rings (SSSR count). The normalized spacial score (nSPS) is 7.75. The molecule has 0 fully saturated rings. The Labute approximate surface area is 72.2 Å². The Morgan fingerprint density at radius 3 is 2.25 bits per heavy atom. The van der Waals surface area contributed by atoms with Crippen LogP contribution in [0.25, 0.3) is 0 Å². The second kappa shape index (κ2) is 6.16. The Bertz CT molecular complexity index is 254. The van der Waals surface area contributed by atoms with Gasteiger partial charge in [0.05, 0.1) is 5.56 Å². The van der Waals surface area contributed by atoms with Gasteiger partial charge in [-0.1, -0.05) is 18.2 Å². The predicted molar refractivity (Wildman–Crippen MR) is 49.4 cm³/mol. The molecule has 0 aliphatic carbocycles. The Morgan fingerprint density at radius 2 is 1.92 bits per heavy atom. The molecule has 0 aliphatic heterocycles. The maximum Gasteiger partial charge on any atom is 0.153 e. The van der Waals surface area contributed by atoms with Crippen LogP contribution in [-0.4, -0.2) is 11.4 Å². The van der Waals surface area contributed by atoms with Crippen LogP contribution in [-0.2, 0) is 0 Å². The van der Waals surface area contributed by atoms with Crippen molar-refractivity contribution in [1.29, 1.82) is 0 Å². The molecular weight excluding hydrogens is 152 g/mol. The van der Waals surface area contributed by atoms with Crippen molar-refractivity contribution < 1.29 is 9.90 Å². The lowest BCUT2D eigenvalue weighted by molar-refractivity contribution is 0.112. The number of hydrogen-bond acceptors (Lipinski definition) is 2. The minimum atomic E-state index is 0.0347. The Balaban J connectivity index is 0.000000354. The average Bonchev–Trinajstić information content (AvgIpc) is 2.07. The van der Waals surface area contributed by atoms with E-state index in [1.807, 2.05) is 6.92 Å². The second-order valence-electron chi connectivity index (χ2n) is 2.08. The number of aldehydes is 1. The molecular formula is C10H12O2. The first-order chi connectivity index (χ1) is 5.76. The smallest absolute Gasteiger partial charge is 0.153 e. The lowest BCUT2D eigenvalue weighted by atomic mass is 10.2. The van der Waals surface area contributed by atoms with Gasteiger partial charge in [0.1, 0.15) is 5.75 Å². The molecule has 0 saturated heterocycles. The summed E-state index contributed by atoms with van der Waals surface area (Å²) in [5, 5.41) is 8.88. The van der Waals surface area contributed by atoms with E-state index >= 15 is 0 Å². The number of allylic oxidation sites excluding steroid dienone is 1. The van der Waals surface area contributed by atoms with Crippen LogP contribution >= 0.6 is 0 Å². The van der Waals surface area contributed by atoms with Crippen LogP contribution in [0.4, 0.5) is 0 Å². The van der Waals surface area contributed by atoms with Crippen LogP contribution < -0.4 is 0 Å². The van der Waals surface area contributed by atoms with Crippen LogP contribution in [0.15, 0.2) is 36.9 Å². The van der Waals surface area contributed by atoms with Crippen LogP contribution in [0.1, 0.15) is 17.3 Å². The zero-order valence-electron chi connectivity index (χ0n) is 7.03. The molecule has 1 N–H and O–H groups in total. The average molecular weight is 164 g/mol. The van der Waals surface area contributed by atoms with E-state index < -0.39 is 0 Å². The highest BCUT2D eigenvalue weighted by Crippen LogP contribution is 2.11. The second-order valence-corrected chi connectivity index (χ2v) is 2.08. The van der Waals surface area contributed by atoms with Crippen LogP contribution in [0.2, 0.25) is 0 Å².